The largest absolute Gasteiger partial charge is 0.457 e. The van der Waals surface area contributed by atoms with Crippen LogP contribution in [0.2, 0.25) is 0 Å². The first-order valence-corrected chi connectivity index (χ1v) is 8.24. The number of hydrogen-bond acceptors (Lipinski definition) is 2. The van der Waals surface area contributed by atoms with Crippen LogP contribution in [0.1, 0.15) is 0 Å². The molecule has 0 aliphatic carbocycles. The minimum Gasteiger partial charge on any atom is -0.457 e. The third-order valence-corrected chi connectivity index (χ3v) is 3.95. The number of pyridine rings is 1. The number of hydrogen-bond donors (Lipinski definition) is 0. The second-order valence-corrected chi connectivity index (χ2v) is 5.71. The van der Waals surface area contributed by atoms with E-state index in [9.17, 15) is 0 Å². The zero-order valence-electron chi connectivity index (χ0n) is 13.7. The number of aromatic nitrogens is 1. The van der Waals surface area contributed by atoms with Gasteiger partial charge in [0.1, 0.15) is 11.5 Å². The third-order valence-electron chi connectivity index (χ3n) is 3.95. The van der Waals surface area contributed by atoms with Crippen molar-refractivity contribution in [1.29, 1.82) is 0 Å². The topological polar surface area (TPSA) is 22.1 Å². The molecule has 1 aromatic heterocycles. The van der Waals surface area contributed by atoms with Gasteiger partial charge in [0, 0.05) is 11.1 Å². The molecule has 0 fully saturated rings. The van der Waals surface area contributed by atoms with Gasteiger partial charge in [-0.05, 0) is 48.5 Å². The monoisotopic (exact) mass is 323 g/mol. The summed E-state index contributed by atoms with van der Waals surface area (Å²) in [5, 5.41) is 0. The van der Waals surface area contributed by atoms with Crippen molar-refractivity contribution in [3.63, 3.8) is 0 Å². The number of nitrogens with zero attached hydrogens (tertiary/aromatic N) is 1. The first kappa shape index (κ1) is 15.2. The average Bonchev–Trinajstić information content (AvgIpc) is 2.70. The lowest BCUT2D eigenvalue weighted by Crippen LogP contribution is -1.88. The molecule has 0 amide bonds. The molecule has 0 atom stereocenters. The van der Waals surface area contributed by atoms with Crippen molar-refractivity contribution in [3.8, 4) is 34.0 Å². The molecule has 2 heteroatoms. The Bertz CT molecular complexity index is 948. The van der Waals surface area contributed by atoms with Crippen LogP contribution in [-0.4, -0.2) is 4.98 Å². The Morgan fingerprint density at radius 2 is 0.960 bits per heavy atom. The summed E-state index contributed by atoms with van der Waals surface area (Å²) in [5.41, 5.74) is 4.11. The molecule has 4 rings (SSSR count). The molecule has 2 nitrogen and oxygen atoms in total. The molecule has 0 aliphatic heterocycles. The summed E-state index contributed by atoms with van der Waals surface area (Å²) >= 11 is 0. The molecule has 0 saturated carbocycles. The number of para-hydroxylation sites is 1. The molecular weight excluding hydrogens is 306 g/mol. The summed E-state index contributed by atoms with van der Waals surface area (Å²) in [7, 11) is 0. The Hall–Kier alpha value is -3.39. The molecule has 0 aliphatic rings. The van der Waals surface area contributed by atoms with Crippen LogP contribution in [0.4, 0.5) is 0 Å². The van der Waals surface area contributed by atoms with Crippen LogP contribution < -0.4 is 4.74 Å². The smallest absolute Gasteiger partial charge is 0.127 e. The molecule has 0 bridgehead atoms. The third kappa shape index (κ3) is 3.59. The highest BCUT2D eigenvalue weighted by molar-refractivity contribution is 5.66. The molecular formula is C23H17NO. The number of benzene rings is 3. The highest BCUT2D eigenvalue weighted by Crippen LogP contribution is 2.26. The number of rotatable bonds is 4. The predicted octanol–water partition coefficient (Wildman–Crippen LogP) is 6.21. The predicted molar refractivity (Wildman–Crippen MR) is 102 cm³/mol. The van der Waals surface area contributed by atoms with E-state index in [1.807, 2.05) is 91.0 Å². The van der Waals surface area contributed by atoms with E-state index in [1.54, 1.807) is 0 Å². The van der Waals surface area contributed by atoms with E-state index in [0.29, 0.717) is 0 Å². The fraction of sp³-hybridized carbons (Fsp3) is 0. The van der Waals surface area contributed by atoms with E-state index >= 15 is 0 Å². The zero-order chi connectivity index (χ0) is 16.9. The van der Waals surface area contributed by atoms with Crippen molar-refractivity contribution in [2.75, 3.05) is 0 Å². The van der Waals surface area contributed by atoms with Crippen LogP contribution in [0, 0.1) is 0 Å². The molecule has 0 saturated heterocycles. The normalized spacial score (nSPS) is 10.4. The molecule has 0 unspecified atom stereocenters. The van der Waals surface area contributed by atoms with Gasteiger partial charge in [-0.25, -0.2) is 4.98 Å². The van der Waals surface area contributed by atoms with Gasteiger partial charge in [-0.2, -0.15) is 0 Å². The Morgan fingerprint density at radius 3 is 1.60 bits per heavy atom. The fourth-order valence-electron chi connectivity index (χ4n) is 2.68. The van der Waals surface area contributed by atoms with Crippen LogP contribution in [0.25, 0.3) is 22.5 Å². The van der Waals surface area contributed by atoms with Crippen molar-refractivity contribution >= 4 is 0 Å². The lowest BCUT2D eigenvalue weighted by Gasteiger charge is -2.08. The van der Waals surface area contributed by atoms with Gasteiger partial charge in [-0.15, -0.1) is 0 Å². The van der Waals surface area contributed by atoms with Crippen LogP contribution in [0.15, 0.2) is 103 Å². The Labute approximate surface area is 147 Å². The highest BCUT2D eigenvalue weighted by Gasteiger charge is 2.04. The molecule has 0 radical (unpaired) electrons. The molecule has 120 valence electrons. The van der Waals surface area contributed by atoms with Crippen molar-refractivity contribution in [2.45, 2.75) is 0 Å². The van der Waals surface area contributed by atoms with Crippen molar-refractivity contribution < 1.29 is 4.74 Å². The first-order chi connectivity index (χ1) is 12.4. The van der Waals surface area contributed by atoms with Gasteiger partial charge in [0.2, 0.25) is 0 Å². The lowest BCUT2D eigenvalue weighted by atomic mass is 10.1. The molecule has 0 N–H and O–H groups in total. The highest BCUT2D eigenvalue weighted by atomic mass is 16.5. The second kappa shape index (κ2) is 7.02. The van der Waals surface area contributed by atoms with Gasteiger partial charge < -0.3 is 4.74 Å². The fourth-order valence-corrected chi connectivity index (χ4v) is 2.68. The molecule has 4 aromatic rings. The first-order valence-electron chi connectivity index (χ1n) is 8.24. The van der Waals surface area contributed by atoms with E-state index < -0.39 is 0 Å². The molecule has 25 heavy (non-hydrogen) atoms. The maximum Gasteiger partial charge on any atom is 0.127 e. The minimum atomic E-state index is 0.814. The van der Waals surface area contributed by atoms with Crippen molar-refractivity contribution in [1.82, 2.24) is 4.98 Å². The summed E-state index contributed by atoms with van der Waals surface area (Å²) in [5.74, 6) is 1.65. The summed E-state index contributed by atoms with van der Waals surface area (Å²) < 4.78 is 5.84. The summed E-state index contributed by atoms with van der Waals surface area (Å²) in [6.07, 6.45) is 0. The zero-order valence-corrected chi connectivity index (χ0v) is 13.7. The number of ether oxygens (including phenoxy) is 1. The van der Waals surface area contributed by atoms with Gasteiger partial charge in [-0.3, -0.25) is 0 Å². The maximum absolute atomic E-state index is 5.84. The Morgan fingerprint density at radius 1 is 0.440 bits per heavy atom. The maximum atomic E-state index is 5.84. The van der Waals surface area contributed by atoms with E-state index in [2.05, 4.69) is 12.1 Å². The second-order valence-electron chi connectivity index (χ2n) is 5.71. The average molecular weight is 323 g/mol. The minimum absolute atomic E-state index is 0.814. The SMILES string of the molecule is c1ccc(Oc2ccc(-c3cccc(-c4ccccc4)n3)cc2)cc1. The summed E-state index contributed by atoms with van der Waals surface area (Å²) in [6, 6.07) is 34.1. The van der Waals surface area contributed by atoms with Gasteiger partial charge in [0.15, 0.2) is 0 Å². The van der Waals surface area contributed by atoms with E-state index in [1.165, 1.54) is 0 Å². The van der Waals surface area contributed by atoms with E-state index in [4.69, 9.17) is 9.72 Å². The van der Waals surface area contributed by atoms with Gasteiger partial charge in [0.05, 0.1) is 11.4 Å². The van der Waals surface area contributed by atoms with Crippen molar-refractivity contribution in [3.05, 3.63) is 103 Å². The standard InChI is InChI=1S/C23H17NO/c1-3-8-18(9-4-1)22-12-7-13-23(24-22)19-14-16-21(17-15-19)25-20-10-5-2-6-11-20/h1-17H. The summed E-state index contributed by atoms with van der Waals surface area (Å²) in [6.45, 7) is 0. The summed E-state index contributed by atoms with van der Waals surface area (Å²) in [4.78, 5) is 4.79. The van der Waals surface area contributed by atoms with E-state index in [-0.39, 0.29) is 0 Å². The van der Waals surface area contributed by atoms with Crippen LogP contribution >= 0.6 is 0 Å². The van der Waals surface area contributed by atoms with Gasteiger partial charge in [0.25, 0.3) is 0 Å². The molecule has 3 aromatic carbocycles. The van der Waals surface area contributed by atoms with Gasteiger partial charge >= 0.3 is 0 Å². The van der Waals surface area contributed by atoms with Crippen LogP contribution in [0.3, 0.4) is 0 Å². The molecule has 1 heterocycles. The van der Waals surface area contributed by atoms with E-state index in [0.717, 1.165) is 34.0 Å². The lowest BCUT2D eigenvalue weighted by molar-refractivity contribution is 0.483. The van der Waals surface area contributed by atoms with Gasteiger partial charge in [-0.1, -0.05) is 54.6 Å². The Kier molecular flexibility index (Phi) is 4.25. The van der Waals surface area contributed by atoms with Crippen LogP contribution in [-0.2, 0) is 0 Å². The van der Waals surface area contributed by atoms with Crippen molar-refractivity contribution in [2.24, 2.45) is 0 Å². The van der Waals surface area contributed by atoms with Crippen LogP contribution in [0.5, 0.6) is 11.5 Å². The quantitative estimate of drug-likeness (QED) is 0.445. The molecule has 0 spiro atoms. The Balaban J connectivity index is 1.58.